The van der Waals surface area contributed by atoms with E-state index in [4.69, 9.17) is 10.2 Å². The van der Waals surface area contributed by atoms with E-state index >= 15 is 0 Å². The van der Waals surface area contributed by atoms with Crippen LogP contribution in [0, 0.1) is 13.8 Å². The Kier molecular flexibility index (Phi) is 3.93. The minimum Gasteiger partial charge on any atom is -0.444 e. The number of hydrogen-bond acceptors (Lipinski definition) is 6. The van der Waals surface area contributed by atoms with Gasteiger partial charge in [-0.15, -0.1) is 0 Å². The van der Waals surface area contributed by atoms with E-state index in [0.29, 0.717) is 22.9 Å². The molecule has 0 saturated heterocycles. The third-order valence-corrected chi connectivity index (χ3v) is 4.35. The van der Waals surface area contributed by atoms with Crippen molar-refractivity contribution in [2.75, 3.05) is 0 Å². The number of nitrogens with one attached hydrogen (secondary N) is 2. The Morgan fingerprint density at radius 2 is 2.20 bits per heavy atom. The van der Waals surface area contributed by atoms with Crippen molar-refractivity contribution in [3.63, 3.8) is 0 Å². The monoisotopic (exact) mass is 299 g/mol. The number of aromatic amines is 1. The Balaban J connectivity index is 2.27. The molecule has 1 unspecified atom stereocenters. The van der Waals surface area contributed by atoms with Gasteiger partial charge < -0.3 is 10.2 Å². The second-order valence-electron chi connectivity index (χ2n) is 4.49. The number of aryl methyl sites for hydroxylation is 2. The molecule has 0 amide bonds. The van der Waals surface area contributed by atoms with Crippen molar-refractivity contribution in [3.8, 4) is 0 Å². The molecule has 0 aromatic carbocycles. The van der Waals surface area contributed by atoms with E-state index in [2.05, 4.69) is 19.9 Å². The van der Waals surface area contributed by atoms with Crippen molar-refractivity contribution < 1.29 is 12.8 Å². The lowest BCUT2D eigenvalue weighted by atomic mass is 10.3. The molecule has 4 N–H and O–H groups in total. The molecule has 8 nitrogen and oxygen atoms in total. The number of hydrogen-bond donors (Lipinski definition) is 3. The van der Waals surface area contributed by atoms with E-state index in [1.807, 2.05) is 0 Å². The number of oxazole rings is 1. The Morgan fingerprint density at radius 3 is 2.75 bits per heavy atom. The van der Waals surface area contributed by atoms with E-state index < -0.39 is 16.1 Å². The topological polar surface area (TPSA) is 127 Å². The zero-order valence-corrected chi connectivity index (χ0v) is 12.3. The summed E-state index contributed by atoms with van der Waals surface area (Å²) in [7, 11) is -3.79. The summed E-state index contributed by atoms with van der Waals surface area (Å²) >= 11 is 0. The van der Waals surface area contributed by atoms with Crippen LogP contribution in [0.5, 0.6) is 0 Å². The van der Waals surface area contributed by atoms with Gasteiger partial charge in [-0.1, -0.05) is 0 Å². The highest BCUT2D eigenvalue weighted by atomic mass is 32.2. The molecule has 0 aliphatic rings. The fourth-order valence-electron chi connectivity index (χ4n) is 1.80. The van der Waals surface area contributed by atoms with E-state index in [0.717, 1.165) is 0 Å². The quantitative estimate of drug-likeness (QED) is 0.738. The maximum absolute atomic E-state index is 12.3. The summed E-state index contributed by atoms with van der Waals surface area (Å²) in [4.78, 5) is 3.99. The van der Waals surface area contributed by atoms with Crippen LogP contribution in [-0.2, 0) is 16.6 Å². The first kappa shape index (κ1) is 14.7. The molecule has 9 heteroatoms. The lowest BCUT2D eigenvalue weighted by Gasteiger charge is -2.10. The summed E-state index contributed by atoms with van der Waals surface area (Å²) in [6.07, 6.45) is 1.53. The van der Waals surface area contributed by atoms with Gasteiger partial charge in [-0.05, 0) is 20.8 Å². The van der Waals surface area contributed by atoms with Crippen LogP contribution in [0.25, 0.3) is 0 Å². The van der Waals surface area contributed by atoms with E-state index in [-0.39, 0.29) is 11.6 Å². The second kappa shape index (κ2) is 5.35. The fraction of sp³-hybridized carbons (Fsp3) is 0.455. The van der Waals surface area contributed by atoms with Gasteiger partial charge in [0.15, 0.2) is 5.03 Å². The lowest BCUT2D eigenvalue weighted by Crippen LogP contribution is -2.28. The highest BCUT2D eigenvalue weighted by Gasteiger charge is 2.26. The van der Waals surface area contributed by atoms with Crippen molar-refractivity contribution in [3.05, 3.63) is 29.1 Å². The van der Waals surface area contributed by atoms with Gasteiger partial charge >= 0.3 is 0 Å². The highest BCUT2D eigenvalue weighted by molar-refractivity contribution is 7.89. The van der Waals surface area contributed by atoms with Gasteiger partial charge in [0.2, 0.25) is 5.89 Å². The van der Waals surface area contributed by atoms with Crippen molar-refractivity contribution in [1.29, 1.82) is 0 Å². The number of sulfonamides is 1. The molecule has 2 heterocycles. The molecule has 0 bridgehead atoms. The maximum atomic E-state index is 12.3. The average molecular weight is 299 g/mol. The molecule has 1 atom stereocenters. The van der Waals surface area contributed by atoms with Crippen LogP contribution in [0.3, 0.4) is 0 Å². The van der Waals surface area contributed by atoms with Crippen molar-refractivity contribution in [2.45, 2.75) is 38.4 Å². The molecule has 0 spiro atoms. The standard InChI is InChI=1S/C11H17N5O3S/c1-6-5-13-10(19-6)8(3)16-20(17,18)11-9(4-12)7(2)14-15-11/h5,8,16H,4,12H2,1-3H3,(H,14,15). The summed E-state index contributed by atoms with van der Waals surface area (Å²) in [5.74, 6) is 0.914. The van der Waals surface area contributed by atoms with Crippen molar-refractivity contribution in [2.24, 2.45) is 5.73 Å². The van der Waals surface area contributed by atoms with Crippen LogP contribution in [0.1, 0.15) is 35.9 Å². The molecular weight excluding hydrogens is 282 g/mol. The predicted octanol–water partition coefficient (Wildman–Crippen LogP) is 0.513. The largest absolute Gasteiger partial charge is 0.444 e. The number of nitrogens with two attached hydrogens (primary N) is 1. The summed E-state index contributed by atoms with van der Waals surface area (Å²) in [6.45, 7) is 5.19. The minimum atomic E-state index is -3.79. The van der Waals surface area contributed by atoms with Gasteiger partial charge in [0.05, 0.1) is 12.2 Å². The summed E-state index contributed by atoms with van der Waals surface area (Å²) in [5, 5.41) is 6.34. The molecule has 0 aliphatic heterocycles. The number of nitrogens with zero attached hydrogens (tertiary/aromatic N) is 2. The Hall–Kier alpha value is -1.71. The third-order valence-electron chi connectivity index (χ3n) is 2.84. The SMILES string of the molecule is Cc1cnc(C(C)NS(=O)(=O)c2n[nH]c(C)c2CN)o1. The van der Waals surface area contributed by atoms with Crippen molar-refractivity contribution >= 4 is 10.0 Å². The average Bonchev–Trinajstić information content (AvgIpc) is 2.95. The number of rotatable bonds is 5. The molecule has 0 aliphatic carbocycles. The van der Waals surface area contributed by atoms with Gasteiger partial charge in [0, 0.05) is 17.8 Å². The third kappa shape index (κ3) is 2.74. The second-order valence-corrected chi connectivity index (χ2v) is 6.12. The summed E-state index contributed by atoms with van der Waals surface area (Å²) in [5.41, 5.74) is 6.65. The Labute approximate surface area is 116 Å². The first-order valence-corrected chi connectivity index (χ1v) is 7.52. The van der Waals surface area contributed by atoms with Crippen LogP contribution >= 0.6 is 0 Å². The van der Waals surface area contributed by atoms with Crippen LogP contribution in [-0.4, -0.2) is 23.6 Å². The predicted molar refractivity (Wildman–Crippen MR) is 71.2 cm³/mol. The smallest absolute Gasteiger partial charge is 0.260 e. The molecule has 20 heavy (non-hydrogen) atoms. The molecule has 2 aromatic rings. The molecule has 2 aromatic heterocycles. The Bertz CT molecular complexity index is 703. The van der Waals surface area contributed by atoms with Gasteiger partial charge in [0.25, 0.3) is 10.0 Å². The normalized spacial score (nSPS) is 13.6. The molecule has 2 rings (SSSR count). The van der Waals surface area contributed by atoms with Crippen LogP contribution in [0.15, 0.2) is 15.6 Å². The number of aromatic nitrogens is 3. The van der Waals surface area contributed by atoms with Crippen LogP contribution in [0.2, 0.25) is 0 Å². The van der Waals surface area contributed by atoms with Crippen LogP contribution < -0.4 is 10.5 Å². The maximum Gasteiger partial charge on any atom is 0.260 e. The minimum absolute atomic E-state index is 0.0884. The molecule has 0 fully saturated rings. The molecular formula is C11H17N5O3S. The van der Waals surface area contributed by atoms with E-state index in [1.165, 1.54) is 6.20 Å². The van der Waals surface area contributed by atoms with Gasteiger partial charge in [-0.25, -0.2) is 13.4 Å². The molecule has 0 radical (unpaired) electrons. The van der Waals surface area contributed by atoms with Crippen LogP contribution in [0.4, 0.5) is 0 Å². The molecule has 110 valence electrons. The van der Waals surface area contributed by atoms with Gasteiger partial charge in [-0.2, -0.15) is 9.82 Å². The zero-order valence-electron chi connectivity index (χ0n) is 11.5. The fourth-order valence-corrected chi connectivity index (χ4v) is 3.21. The van der Waals surface area contributed by atoms with Gasteiger partial charge in [0.1, 0.15) is 5.76 Å². The highest BCUT2D eigenvalue weighted by Crippen LogP contribution is 2.19. The van der Waals surface area contributed by atoms with Gasteiger partial charge in [-0.3, -0.25) is 5.10 Å². The zero-order chi connectivity index (χ0) is 14.9. The lowest BCUT2D eigenvalue weighted by molar-refractivity contribution is 0.427. The first-order valence-electron chi connectivity index (χ1n) is 6.03. The first-order chi connectivity index (χ1) is 9.35. The summed E-state index contributed by atoms with van der Waals surface area (Å²) < 4.78 is 32.4. The summed E-state index contributed by atoms with van der Waals surface area (Å²) in [6, 6.07) is -0.601. The van der Waals surface area contributed by atoms with Crippen molar-refractivity contribution in [1.82, 2.24) is 19.9 Å². The van der Waals surface area contributed by atoms with E-state index in [1.54, 1.807) is 20.8 Å². The van der Waals surface area contributed by atoms with E-state index in [9.17, 15) is 8.42 Å². The Morgan fingerprint density at radius 1 is 1.50 bits per heavy atom. The molecule has 0 saturated carbocycles. The number of H-pyrrole nitrogens is 1.